The number of aliphatic hydroxyl groups is 1. The van der Waals surface area contributed by atoms with E-state index in [-0.39, 0.29) is 5.38 Å². The van der Waals surface area contributed by atoms with Crippen molar-refractivity contribution in [1.82, 2.24) is 0 Å². The molecular weight excluding hydrogens is 184 g/mol. The van der Waals surface area contributed by atoms with E-state index in [1.807, 2.05) is 30.3 Å². The molecule has 1 atom stereocenters. The molecule has 0 spiro atoms. The van der Waals surface area contributed by atoms with Crippen LogP contribution in [0.25, 0.3) is 0 Å². The van der Waals surface area contributed by atoms with E-state index in [0.717, 1.165) is 5.56 Å². The quantitative estimate of drug-likeness (QED) is 0.741. The zero-order chi connectivity index (χ0) is 9.90. The molecule has 2 heteroatoms. The fourth-order valence-corrected chi connectivity index (χ4v) is 1.25. The van der Waals surface area contributed by atoms with Crippen LogP contribution in [-0.2, 0) is 6.42 Å². The highest BCUT2D eigenvalue weighted by atomic mass is 35.5. The maximum Gasteiger partial charge on any atom is 0.0757 e. The van der Waals surface area contributed by atoms with Crippen LogP contribution in [0, 0.1) is 0 Å². The number of hydrogen-bond donors (Lipinski definition) is 1. The van der Waals surface area contributed by atoms with Crippen LogP contribution in [0.5, 0.6) is 0 Å². The van der Waals surface area contributed by atoms with E-state index in [4.69, 9.17) is 11.6 Å². The maximum absolute atomic E-state index is 9.62. The van der Waals surface area contributed by atoms with E-state index >= 15 is 0 Å². The highest BCUT2D eigenvalue weighted by Gasteiger charge is 2.24. The minimum atomic E-state index is -0.822. The molecule has 0 saturated heterocycles. The van der Waals surface area contributed by atoms with Gasteiger partial charge in [-0.15, -0.1) is 11.6 Å². The predicted molar refractivity (Wildman–Crippen MR) is 56.1 cm³/mol. The van der Waals surface area contributed by atoms with E-state index < -0.39 is 5.60 Å². The standard InChI is InChI=1S/C11H15ClO/c1-11(2,13)10(12)8-9-6-4-3-5-7-9/h3-7,10,13H,8H2,1-2H3. The monoisotopic (exact) mass is 198 g/mol. The summed E-state index contributed by atoms with van der Waals surface area (Å²) in [6.45, 7) is 3.46. The van der Waals surface area contributed by atoms with E-state index in [1.165, 1.54) is 0 Å². The lowest BCUT2D eigenvalue weighted by molar-refractivity contribution is 0.0754. The Hall–Kier alpha value is -0.530. The molecule has 0 saturated carbocycles. The molecule has 0 heterocycles. The average molecular weight is 199 g/mol. The third kappa shape index (κ3) is 3.37. The third-order valence-electron chi connectivity index (χ3n) is 2.02. The van der Waals surface area contributed by atoms with E-state index in [9.17, 15) is 5.11 Å². The highest BCUT2D eigenvalue weighted by Crippen LogP contribution is 2.19. The summed E-state index contributed by atoms with van der Waals surface area (Å²) in [5.41, 5.74) is 0.335. The molecule has 13 heavy (non-hydrogen) atoms. The van der Waals surface area contributed by atoms with Gasteiger partial charge in [-0.1, -0.05) is 30.3 Å². The van der Waals surface area contributed by atoms with Gasteiger partial charge in [0.15, 0.2) is 0 Å². The number of halogens is 1. The van der Waals surface area contributed by atoms with Crippen LogP contribution in [0.3, 0.4) is 0 Å². The Morgan fingerprint density at radius 1 is 1.31 bits per heavy atom. The molecule has 0 aliphatic heterocycles. The minimum absolute atomic E-state index is 0.241. The second-order valence-electron chi connectivity index (χ2n) is 3.81. The Morgan fingerprint density at radius 2 is 1.85 bits per heavy atom. The molecule has 72 valence electrons. The molecule has 1 aromatic carbocycles. The molecule has 1 aromatic rings. The number of alkyl halides is 1. The third-order valence-corrected chi connectivity index (χ3v) is 2.71. The van der Waals surface area contributed by atoms with Gasteiger partial charge in [0.1, 0.15) is 0 Å². The number of rotatable bonds is 3. The predicted octanol–water partition coefficient (Wildman–Crippen LogP) is 2.61. The second-order valence-corrected chi connectivity index (χ2v) is 4.34. The summed E-state index contributed by atoms with van der Waals surface area (Å²) >= 11 is 6.04. The Bertz CT molecular complexity index is 251. The van der Waals surface area contributed by atoms with Crippen LogP contribution in [0.2, 0.25) is 0 Å². The molecular formula is C11H15ClO. The van der Waals surface area contributed by atoms with Crippen molar-refractivity contribution < 1.29 is 5.11 Å². The molecule has 1 rings (SSSR count). The van der Waals surface area contributed by atoms with E-state index in [0.29, 0.717) is 6.42 Å². The van der Waals surface area contributed by atoms with Crippen molar-refractivity contribution in [2.24, 2.45) is 0 Å². The van der Waals surface area contributed by atoms with Gasteiger partial charge in [-0.3, -0.25) is 0 Å². The molecule has 0 aromatic heterocycles. The Morgan fingerprint density at radius 3 is 2.31 bits per heavy atom. The lowest BCUT2D eigenvalue weighted by Gasteiger charge is -2.23. The molecule has 0 bridgehead atoms. The first-order valence-electron chi connectivity index (χ1n) is 4.40. The number of hydrogen-bond acceptors (Lipinski definition) is 1. The highest BCUT2D eigenvalue weighted by molar-refractivity contribution is 6.21. The van der Waals surface area contributed by atoms with Crippen LogP contribution in [0.4, 0.5) is 0 Å². The van der Waals surface area contributed by atoms with Gasteiger partial charge in [0, 0.05) is 0 Å². The fraction of sp³-hybridized carbons (Fsp3) is 0.455. The summed E-state index contributed by atoms with van der Waals surface area (Å²) in [7, 11) is 0. The van der Waals surface area contributed by atoms with Crippen molar-refractivity contribution in [2.75, 3.05) is 0 Å². The van der Waals surface area contributed by atoms with Crippen LogP contribution in [0.15, 0.2) is 30.3 Å². The van der Waals surface area contributed by atoms with Crippen molar-refractivity contribution in [3.05, 3.63) is 35.9 Å². The summed E-state index contributed by atoms with van der Waals surface area (Å²) in [5, 5.41) is 9.37. The van der Waals surface area contributed by atoms with Gasteiger partial charge < -0.3 is 5.11 Å². The fourth-order valence-electron chi connectivity index (χ4n) is 1.07. The van der Waals surface area contributed by atoms with Gasteiger partial charge in [0.05, 0.1) is 11.0 Å². The lowest BCUT2D eigenvalue weighted by atomic mass is 9.98. The SMILES string of the molecule is CC(C)(O)C(Cl)Cc1ccccc1. The van der Waals surface area contributed by atoms with Crippen molar-refractivity contribution >= 4 is 11.6 Å². The molecule has 0 radical (unpaired) electrons. The first-order valence-corrected chi connectivity index (χ1v) is 4.84. The average Bonchev–Trinajstić information content (AvgIpc) is 2.04. The van der Waals surface area contributed by atoms with Gasteiger partial charge in [0.2, 0.25) is 0 Å². The van der Waals surface area contributed by atoms with E-state index in [2.05, 4.69) is 0 Å². The zero-order valence-electron chi connectivity index (χ0n) is 8.00. The summed E-state index contributed by atoms with van der Waals surface area (Å²) in [5.74, 6) is 0. The smallest absolute Gasteiger partial charge is 0.0757 e. The van der Waals surface area contributed by atoms with Crippen LogP contribution < -0.4 is 0 Å². The van der Waals surface area contributed by atoms with Crippen molar-refractivity contribution in [2.45, 2.75) is 31.2 Å². The first-order chi connectivity index (χ1) is 6.00. The Labute approximate surface area is 84.4 Å². The Kier molecular flexibility index (Phi) is 3.34. The van der Waals surface area contributed by atoms with Crippen molar-refractivity contribution in [1.29, 1.82) is 0 Å². The molecule has 1 nitrogen and oxygen atoms in total. The number of benzene rings is 1. The van der Waals surface area contributed by atoms with Gasteiger partial charge in [-0.05, 0) is 25.8 Å². The molecule has 1 N–H and O–H groups in total. The summed E-state index contributed by atoms with van der Waals surface area (Å²) in [6, 6.07) is 9.95. The zero-order valence-corrected chi connectivity index (χ0v) is 8.75. The van der Waals surface area contributed by atoms with Crippen molar-refractivity contribution in [3.63, 3.8) is 0 Å². The first kappa shape index (κ1) is 10.6. The summed E-state index contributed by atoms with van der Waals surface area (Å²) in [4.78, 5) is 0. The molecule has 0 aliphatic rings. The van der Waals surface area contributed by atoms with E-state index in [1.54, 1.807) is 13.8 Å². The maximum atomic E-state index is 9.62. The largest absolute Gasteiger partial charge is 0.389 e. The minimum Gasteiger partial charge on any atom is -0.389 e. The molecule has 0 amide bonds. The summed E-state index contributed by atoms with van der Waals surface area (Å²) < 4.78 is 0. The van der Waals surface area contributed by atoms with Gasteiger partial charge >= 0.3 is 0 Å². The van der Waals surface area contributed by atoms with Gasteiger partial charge in [0.25, 0.3) is 0 Å². The van der Waals surface area contributed by atoms with Gasteiger partial charge in [-0.2, -0.15) is 0 Å². The Balaban J connectivity index is 2.61. The normalized spacial score (nSPS) is 14.2. The van der Waals surface area contributed by atoms with Crippen molar-refractivity contribution in [3.8, 4) is 0 Å². The lowest BCUT2D eigenvalue weighted by Crippen LogP contribution is -2.33. The van der Waals surface area contributed by atoms with Crippen LogP contribution >= 0.6 is 11.6 Å². The summed E-state index contributed by atoms with van der Waals surface area (Å²) in [6.07, 6.45) is 0.700. The van der Waals surface area contributed by atoms with Crippen LogP contribution in [-0.4, -0.2) is 16.1 Å². The molecule has 0 fully saturated rings. The van der Waals surface area contributed by atoms with Gasteiger partial charge in [-0.25, -0.2) is 0 Å². The van der Waals surface area contributed by atoms with Crippen LogP contribution in [0.1, 0.15) is 19.4 Å². The molecule has 1 unspecified atom stereocenters. The second kappa shape index (κ2) is 4.12. The topological polar surface area (TPSA) is 20.2 Å². The molecule has 0 aliphatic carbocycles.